The van der Waals surface area contributed by atoms with E-state index in [0.29, 0.717) is 6.04 Å². The summed E-state index contributed by atoms with van der Waals surface area (Å²) in [6, 6.07) is 4.65. The van der Waals surface area contributed by atoms with E-state index < -0.39 is 0 Å². The number of hydrogen-bond acceptors (Lipinski definition) is 3. The third kappa shape index (κ3) is 2.53. The number of hydrogen-bond donors (Lipinski definition) is 1. The summed E-state index contributed by atoms with van der Waals surface area (Å²) in [7, 11) is 1.74. The molecule has 1 heterocycles. The van der Waals surface area contributed by atoms with Gasteiger partial charge in [-0.15, -0.1) is 0 Å². The molecular formula is C13H20N2O. The van der Waals surface area contributed by atoms with Crippen LogP contribution in [-0.4, -0.2) is 24.7 Å². The first-order valence-electron chi connectivity index (χ1n) is 6.07. The third-order valence-corrected chi connectivity index (χ3v) is 3.14. The predicted octanol–water partition coefficient (Wildman–Crippen LogP) is 2.41. The average Bonchev–Trinajstić information content (AvgIpc) is 2.75. The molecule has 1 atom stereocenters. The zero-order valence-electron chi connectivity index (χ0n) is 10.1. The van der Waals surface area contributed by atoms with Gasteiger partial charge in [0, 0.05) is 12.8 Å². The van der Waals surface area contributed by atoms with Gasteiger partial charge in [0.15, 0.2) is 0 Å². The van der Waals surface area contributed by atoms with Gasteiger partial charge in [-0.3, -0.25) is 0 Å². The molecular weight excluding hydrogens is 200 g/mol. The number of anilines is 1. The van der Waals surface area contributed by atoms with Crippen molar-refractivity contribution in [2.24, 2.45) is 0 Å². The summed E-state index contributed by atoms with van der Waals surface area (Å²) in [4.78, 5) is 4.66. The van der Waals surface area contributed by atoms with Crippen LogP contribution >= 0.6 is 0 Å². The standard InChI is InChI=1S/C13H20N2O/c1-3-11(9-16-2)14-13-8-7-10-5-4-6-12(10)15-13/h7-8,11H,3-6,9H2,1-2H3,(H,14,15). The Bertz CT molecular complexity index is 352. The molecule has 16 heavy (non-hydrogen) atoms. The number of aromatic nitrogens is 1. The first-order valence-corrected chi connectivity index (χ1v) is 6.07. The van der Waals surface area contributed by atoms with E-state index >= 15 is 0 Å². The van der Waals surface area contributed by atoms with Gasteiger partial charge in [0.2, 0.25) is 0 Å². The number of fused-ring (bicyclic) bond motifs is 1. The van der Waals surface area contributed by atoms with Gasteiger partial charge < -0.3 is 10.1 Å². The molecule has 0 radical (unpaired) electrons. The number of aryl methyl sites for hydroxylation is 2. The summed E-state index contributed by atoms with van der Waals surface area (Å²) in [5.41, 5.74) is 2.70. The van der Waals surface area contributed by atoms with Crippen LogP contribution in [-0.2, 0) is 17.6 Å². The molecule has 3 nitrogen and oxygen atoms in total. The number of ether oxygens (including phenoxy) is 1. The van der Waals surface area contributed by atoms with Crippen molar-refractivity contribution >= 4 is 5.82 Å². The lowest BCUT2D eigenvalue weighted by Crippen LogP contribution is -2.24. The zero-order valence-corrected chi connectivity index (χ0v) is 10.1. The first kappa shape index (κ1) is 11.4. The van der Waals surface area contributed by atoms with Crippen LogP contribution in [0.2, 0.25) is 0 Å². The van der Waals surface area contributed by atoms with Crippen molar-refractivity contribution in [3.8, 4) is 0 Å². The second-order valence-corrected chi connectivity index (χ2v) is 4.36. The molecule has 0 aliphatic heterocycles. The van der Waals surface area contributed by atoms with Gasteiger partial charge in [-0.2, -0.15) is 0 Å². The molecule has 0 aromatic carbocycles. The maximum absolute atomic E-state index is 5.17. The Morgan fingerprint density at radius 2 is 2.31 bits per heavy atom. The largest absolute Gasteiger partial charge is 0.383 e. The Balaban J connectivity index is 2.04. The fraction of sp³-hybridized carbons (Fsp3) is 0.615. The minimum Gasteiger partial charge on any atom is -0.383 e. The molecule has 1 unspecified atom stereocenters. The summed E-state index contributed by atoms with van der Waals surface area (Å²) in [6.07, 6.45) is 4.62. The topological polar surface area (TPSA) is 34.1 Å². The van der Waals surface area contributed by atoms with E-state index in [1.165, 1.54) is 24.1 Å². The summed E-state index contributed by atoms with van der Waals surface area (Å²) in [6.45, 7) is 2.89. The van der Waals surface area contributed by atoms with Gasteiger partial charge in [-0.1, -0.05) is 13.0 Å². The van der Waals surface area contributed by atoms with Crippen molar-refractivity contribution in [3.63, 3.8) is 0 Å². The summed E-state index contributed by atoms with van der Waals surface area (Å²) >= 11 is 0. The first-order chi connectivity index (χ1) is 7.83. The fourth-order valence-corrected chi connectivity index (χ4v) is 2.17. The Labute approximate surface area is 97.2 Å². The molecule has 1 aliphatic rings. The molecule has 2 rings (SSSR count). The van der Waals surface area contributed by atoms with Crippen LogP contribution in [0.15, 0.2) is 12.1 Å². The minimum absolute atomic E-state index is 0.358. The smallest absolute Gasteiger partial charge is 0.126 e. The van der Waals surface area contributed by atoms with Crippen molar-refractivity contribution in [1.82, 2.24) is 4.98 Å². The van der Waals surface area contributed by atoms with Crippen LogP contribution in [0.1, 0.15) is 31.0 Å². The monoisotopic (exact) mass is 220 g/mol. The number of pyridine rings is 1. The van der Waals surface area contributed by atoms with Crippen LogP contribution in [0.4, 0.5) is 5.82 Å². The lowest BCUT2D eigenvalue weighted by Gasteiger charge is -2.17. The molecule has 0 fully saturated rings. The molecule has 0 bridgehead atoms. The van der Waals surface area contributed by atoms with Crippen LogP contribution in [0.5, 0.6) is 0 Å². The van der Waals surface area contributed by atoms with Gasteiger partial charge in [-0.25, -0.2) is 4.98 Å². The Kier molecular flexibility index (Phi) is 3.78. The average molecular weight is 220 g/mol. The molecule has 1 aromatic rings. The maximum atomic E-state index is 5.17. The molecule has 0 saturated carbocycles. The molecule has 0 spiro atoms. The SMILES string of the molecule is CCC(COC)Nc1ccc2c(n1)CCC2. The van der Waals surface area contributed by atoms with Crippen molar-refractivity contribution in [2.45, 2.75) is 38.6 Å². The van der Waals surface area contributed by atoms with E-state index in [-0.39, 0.29) is 0 Å². The quantitative estimate of drug-likeness (QED) is 0.827. The van der Waals surface area contributed by atoms with E-state index in [9.17, 15) is 0 Å². The fourth-order valence-electron chi connectivity index (χ4n) is 2.17. The summed E-state index contributed by atoms with van der Waals surface area (Å²) in [5.74, 6) is 0.990. The molecule has 0 saturated heterocycles. The number of nitrogens with zero attached hydrogens (tertiary/aromatic N) is 1. The van der Waals surface area contributed by atoms with Gasteiger partial charge in [0.1, 0.15) is 5.82 Å². The minimum atomic E-state index is 0.358. The van der Waals surface area contributed by atoms with Crippen molar-refractivity contribution in [1.29, 1.82) is 0 Å². The van der Waals surface area contributed by atoms with Crippen molar-refractivity contribution < 1.29 is 4.74 Å². The number of methoxy groups -OCH3 is 1. The summed E-state index contributed by atoms with van der Waals surface area (Å²) in [5, 5.41) is 3.42. The van der Waals surface area contributed by atoms with Crippen molar-refractivity contribution in [2.75, 3.05) is 19.0 Å². The molecule has 1 N–H and O–H groups in total. The van der Waals surface area contributed by atoms with E-state index in [4.69, 9.17) is 4.74 Å². The lowest BCUT2D eigenvalue weighted by molar-refractivity contribution is 0.184. The van der Waals surface area contributed by atoms with E-state index in [1.807, 2.05) is 0 Å². The van der Waals surface area contributed by atoms with Gasteiger partial charge >= 0.3 is 0 Å². The zero-order chi connectivity index (χ0) is 11.4. The van der Waals surface area contributed by atoms with Crippen LogP contribution in [0.3, 0.4) is 0 Å². The Morgan fingerprint density at radius 3 is 3.06 bits per heavy atom. The van der Waals surface area contributed by atoms with Crippen molar-refractivity contribution in [3.05, 3.63) is 23.4 Å². The highest BCUT2D eigenvalue weighted by atomic mass is 16.5. The second-order valence-electron chi connectivity index (χ2n) is 4.36. The second kappa shape index (κ2) is 5.30. The molecule has 1 aliphatic carbocycles. The van der Waals surface area contributed by atoms with E-state index in [1.54, 1.807) is 7.11 Å². The highest BCUT2D eigenvalue weighted by Gasteiger charge is 2.13. The van der Waals surface area contributed by atoms with Crippen LogP contribution < -0.4 is 5.32 Å². The predicted molar refractivity (Wildman–Crippen MR) is 65.8 cm³/mol. The molecule has 88 valence electrons. The van der Waals surface area contributed by atoms with Gasteiger partial charge in [-0.05, 0) is 37.3 Å². The molecule has 0 amide bonds. The highest BCUT2D eigenvalue weighted by molar-refractivity contribution is 5.41. The molecule has 3 heteroatoms. The highest BCUT2D eigenvalue weighted by Crippen LogP contribution is 2.21. The Hall–Kier alpha value is -1.09. The maximum Gasteiger partial charge on any atom is 0.126 e. The number of nitrogens with one attached hydrogen (secondary N) is 1. The van der Waals surface area contributed by atoms with Crippen LogP contribution in [0.25, 0.3) is 0 Å². The van der Waals surface area contributed by atoms with Gasteiger partial charge in [0.25, 0.3) is 0 Å². The number of rotatable bonds is 5. The summed E-state index contributed by atoms with van der Waals surface area (Å²) < 4.78 is 5.17. The Morgan fingerprint density at radius 1 is 1.44 bits per heavy atom. The van der Waals surface area contributed by atoms with Crippen LogP contribution in [0, 0.1) is 0 Å². The third-order valence-electron chi connectivity index (χ3n) is 3.14. The lowest BCUT2D eigenvalue weighted by atomic mass is 10.2. The van der Waals surface area contributed by atoms with E-state index in [2.05, 4.69) is 29.4 Å². The molecule has 1 aromatic heterocycles. The van der Waals surface area contributed by atoms with E-state index in [0.717, 1.165) is 25.3 Å². The normalized spacial score (nSPS) is 15.9. The van der Waals surface area contributed by atoms with Gasteiger partial charge in [0.05, 0.1) is 12.6 Å².